The molecule has 0 fully saturated rings. The van der Waals surface area contributed by atoms with Crippen LogP contribution in [0.5, 0.6) is 0 Å². The Morgan fingerprint density at radius 3 is 2.40 bits per heavy atom. The van der Waals surface area contributed by atoms with Crippen LogP contribution < -0.4 is 4.31 Å². The monoisotopic (exact) mass is 360 g/mol. The number of fused-ring (bicyclic) bond motifs is 1. The first-order chi connectivity index (χ1) is 11.8. The Kier molecular flexibility index (Phi) is 4.78. The van der Waals surface area contributed by atoms with E-state index in [9.17, 15) is 13.2 Å². The molecule has 1 N–H and O–H groups in total. The van der Waals surface area contributed by atoms with Crippen LogP contribution in [-0.2, 0) is 23.1 Å². The largest absolute Gasteiger partial charge is 0.478 e. The molecule has 7 heteroatoms. The van der Waals surface area contributed by atoms with Gasteiger partial charge in [-0.3, -0.25) is 9.21 Å². The molecule has 0 spiro atoms. The average Bonchev–Trinajstić information content (AvgIpc) is 2.74. The van der Waals surface area contributed by atoms with E-state index in [-0.39, 0.29) is 5.56 Å². The molecule has 0 aromatic heterocycles. The van der Waals surface area contributed by atoms with Gasteiger partial charge >= 0.3 is 5.97 Å². The lowest BCUT2D eigenvalue weighted by Gasteiger charge is -2.22. The number of aromatic carboxylic acids is 1. The van der Waals surface area contributed by atoms with Gasteiger partial charge in [0.1, 0.15) is 0 Å². The van der Waals surface area contributed by atoms with E-state index in [2.05, 4.69) is 4.90 Å². The van der Waals surface area contributed by atoms with E-state index in [1.807, 2.05) is 24.3 Å². The Bertz CT molecular complexity index is 878. The second-order valence-electron chi connectivity index (χ2n) is 6.18. The molecule has 1 heterocycles. The number of sulfonamides is 1. The molecular weight excluding hydrogens is 340 g/mol. The Morgan fingerprint density at radius 2 is 1.76 bits per heavy atom. The number of carboxylic acids is 1. The second kappa shape index (κ2) is 6.85. The molecule has 0 radical (unpaired) electrons. The van der Waals surface area contributed by atoms with E-state index >= 15 is 0 Å². The number of carboxylic acid groups (broad SMARTS) is 1. The summed E-state index contributed by atoms with van der Waals surface area (Å²) in [5, 5.41) is 8.98. The van der Waals surface area contributed by atoms with Crippen LogP contribution in [0.25, 0.3) is 0 Å². The number of hydrogen-bond acceptors (Lipinski definition) is 4. The lowest BCUT2D eigenvalue weighted by Crippen LogP contribution is -2.35. The number of rotatable bonds is 4. The Hall–Kier alpha value is -2.38. The normalized spacial score (nSPS) is 15.5. The van der Waals surface area contributed by atoms with E-state index in [1.54, 1.807) is 24.3 Å². The maximum Gasteiger partial charge on any atom is 0.335 e. The van der Waals surface area contributed by atoms with Crippen molar-refractivity contribution in [1.82, 2.24) is 4.90 Å². The highest BCUT2D eigenvalue weighted by Crippen LogP contribution is 2.27. The summed E-state index contributed by atoms with van der Waals surface area (Å²) in [7, 11) is -3.33. The van der Waals surface area contributed by atoms with Gasteiger partial charge in [0.05, 0.1) is 17.5 Å². The number of carbonyl (C=O) groups is 1. The number of nitrogens with zero attached hydrogens (tertiary/aromatic N) is 2. The average molecular weight is 360 g/mol. The van der Waals surface area contributed by atoms with E-state index in [1.165, 1.54) is 10.6 Å². The van der Waals surface area contributed by atoms with Crippen molar-refractivity contribution >= 4 is 21.7 Å². The minimum Gasteiger partial charge on any atom is -0.478 e. The maximum atomic E-state index is 12.1. The van der Waals surface area contributed by atoms with Crippen LogP contribution in [0.1, 0.15) is 21.5 Å². The van der Waals surface area contributed by atoms with Gasteiger partial charge in [-0.05, 0) is 29.3 Å². The fourth-order valence-electron chi connectivity index (χ4n) is 3.05. The van der Waals surface area contributed by atoms with Gasteiger partial charge in [0.25, 0.3) is 0 Å². The molecule has 0 unspecified atom stereocenters. The van der Waals surface area contributed by atoms with Gasteiger partial charge in [0.15, 0.2) is 0 Å². The SMILES string of the molecule is CS(=O)(=O)N1CCN(Cc2ccc(C(=O)O)cc2)Cc2ccccc21. The van der Waals surface area contributed by atoms with E-state index < -0.39 is 16.0 Å². The molecule has 0 saturated heterocycles. The van der Waals surface area contributed by atoms with Crippen LogP contribution >= 0.6 is 0 Å². The minimum absolute atomic E-state index is 0.258. The maximum absolute atomic E-state index is 12.1. The molecular formula is C18H20N2O4S. The fraction of sp³-hybridized carbons (Fsp3) is 0.278. The predicted molar refractivity (Wildman–Crippen MR) is 96.1 cm³/mol. The summed E-state index contributed by atoms with van der Waals surface area (Å²) < 4.78 is 25.7. The van der Waals surface area contributed by atoms with Crippen LogP contribution in [0.15, 0.2) is 48.5 Å². The third-order valence-electron chi connectivity index (χ3n) is 4.28. The minimum atomic E-state index is -3.33. The summed E-state index contributed by atoms with van der Waals surface area (Å²) in [6.07, 6.45) is 1.23. The Morgan fingerprint density at radius 1 is 1.08 bits per heavy atom. The van der Waals surface area contributed by atoms with Crippen molar-refractivity contribution < 1.29 is 18.3 Å². The Balaban J connectivity index is 1.83. The third kappa shape index (κ3) is 4.00. The quantitative estimate of drug-likeness (QED) is 0.904. The molecule has 0 atom stereocenters. The highest BCUT2D eigenvalue weighted by Gasteiger charge is 2.25. The van der Waals surface area contributed by atoms with Gasteiger partial charge in [0, 0.05) is 26.2 Å². The summed E-state index contributed by atoms with van der Waals surface area (Å²) in [6, 6.07) is 14.3. The predicted octanol–water partition coefficient (Wildman–Crippen LogP) is 2.17. The standard InChI is InChI=1S/C18H20N2O4S/c1-25(23,24)20-11-10-19(13-16-4-2-3-5-17(16)20)12-14-6-8-15(9-7-14)18(21)22/h2-9H,10-13H2,1H3,(H,21,22). The summed E-state index contributed by atoms with van der Waals surface area (Å²) >= 11 is 0. The fourth-order valence-corrected chi connectivity index (χ4v) is 4.00. The van der Waals surface area contributed by atoms with Crippen LogP contribution in [0.4, 0.5) is 5.69 Å². The summed E-state index contributed by atoms with van der Waals surface area (Å²) in [6.45, 7) is 2.26. The van der Waals surface area contributed by atoms with Gasteiger partial charge in [-0.1, -0.05) is 30.3 Å². The van der Waals surface area contributed by atoms with Gasteiger partial charge in [-0.2, -0.15) is 0 Å². The zero-order chi connectivity index (χ0) is 18.0. The molecule has 1 aliphatic rings. The first-order valence-corrected chi connectivity index (χ1v) is 9.79. The molecule has 1 aliphatic heterocycles. The highest BCUT2D eigenvalue weighted by atomic mass is 32.2. The molecule has 0 amide bonds. The molecule has 2 aromatic rings. The molecule has 132 valence electrons. The summed E-state index contributed by atoms with van der Waals surface area (Å²) in [5.74, 6) is -0.945. The topological polar surface area (TPSA) is 77.9 Å². The van der Waals surface area contributed by atoms with Crippen LogP contribution in [-0.4, -0.2) is 43.7 Å². The first-order valence-electron chi connectivity index (χ1n) is 7.95. The number of anilines is 1. The summed E-state index contributed by atoms with van der Waals surface area (Å²) in [5.41, 5.74) is 2.95. The zero-order valence-electron chi connectivity index (χ0n) is 13.9. The van der Waals surface area contributed by atoms with Gasteiger partial charge < -0.3 is 5.11 Å². The first kappa shape index (κ1) is 17.4. The lowest BCUT2D eigenvalue weighted by atomic mass is 10.1. The van der Waals surface area contributed by atoms with Gasteiger partial charge in [-0.15, -0.1) is 0 Å². The Labute approximate surface area is 147 Å². The summed E-state index contributed by atoms with van der Waals surface area (Å²) in [4.78, 5) is 13.1. The third-order valence-corrected chi connectivity index (χ3v) is 5.46. The molecule has 6 nitrogen and oxygen atoms in total. The van der Waals surface area contributed by atoms with E-state index in [4.69, 9.17) is 5.11 Å². The van der Waals surface area contributed by atoms with Crippen LogP contribution in [0, 0.1) is 0 Å². The molecule has 0 aliphatic carbocycles. The molecule has 0 bridgehead atoms. The molecule has 2 aromatic carbocycles. The van der Waals surface area contributed by atoms with Crippen molar-refractivity contribution in [2.75, 3.05) is 23.7 Å². The molecule has 25 heavy (non-hydrogen) atoms. The second-order valence-corrected chi connectivity index (χ2v) is 8.08. The van der Waals surface area contributed by atoms with Crippen molar-refractivity contribution in [3.05, 3.63) is 65.2 Å². The van der Waals surface area contributed by atoms with Crippen molar-refractivity contribution in [2.45, 2.75) is 13.1 Å². The van der Waals surface area contributed by atoms with Gasteiger partial charge in [0.2, 0.25) is 10.0 Å². The van der Waals surface area contributed by atoms with Crippen molar-refractivity contribution in [3.8, 4) is 0 Å². The smallest absolute Gasteiger partial charge is 0.335 e. The number of para-hydroxylation sites is 1. The van der Waals surface area contributed by atoms with Crippen LogP contribution in [0.2, 0.25) is 0 Å². The van der Waals surface area contributed by atoms with Crippen LogP contribution in [0.3, 0.4) is 0 Å². The van der Waals surface area contributed by atoms with Crippen molar-refractivity contribution in [2.24, 2.45) is 0 Å². The van der Waals surface area contributed by atoms with Gasteiger partial charge in [-0.25, -0.2) is 13.2 Å². The highest BCUT2D eigenvalue weighted by molar-refractivity contribution is 7.92. The number of benzene rings is 2. The molecule has 3 rings (SSSR count). The van der Waals surface area contributed by atoms with Crippen molar-refractivity contribution in [1.29, 1.82) is 0 Å². The zero-order valence-corrected chi connectivity index (χ0v) is 14.7. The van der Waals surface area contributed by atoms with E-state index in [0.717, 1.165) is 16.8 Å². The van der Waals surface area contributed by atoms with E-state index in [0.29, 0.717) is 26.2 Å². The lowest BCUT2D eigenvalue weighted by molar-refractivity contribution is 0.0697. The number of hydrogen-bond donors (Lipinski definition) is 1. The van der Waals surface area contributed by atoms with Crippen molar-refractivity contribution in [3.63, 3.8) is 0 Å². The molecule has 0 saturated carbocycles.